The van der Waals surface area contributed by atoms with E-state index < -0.39 is 0 Å². The predicted octanol–water partition coefficient (Wildman–Crippen LogP) is 1.05. The highest BCUT2D eigenvalue weighted by molar-refractivity contribution is 5.78. The molecule has 0 bridgehead atoms. The van der Waals surface area contributed by atoms with E-state index in [2.05, 4.69) is 51.7 Å². The number of nitrogens with zero attached hydrogens (tertiary/aromatic N) is 2. The van der Waals surface area contributed by atoms with Crippen LogP contribution in [0.15, 0.2) is 24.3 Å². The van der Waals surface area contributed by atoms with E-state index >= 15 is 0 Å². The van der Waals surface area contributed by atoms with Crippen molar-refractivity contribution in [2.24, 2.45) is 5.92 Å². The fourth-order valence-corrected chi connectivity index (χ4v) is 3.44. The summed E-state index contributed by atoms with van der Waals surface area (Å²) in [6.07, 6.45) is 2.10. The van der Waals surface area contributed by atoms with Crippen molar-refractivity contribution in [1.29, 1.82) is 0 Å². The lowest BCUT2D eigenvalue weighted by Crippen LogP contribution is -2.43. The van der Waals surface area contributed by atoms with Gasteiger partial charge >= 0.3 is 0 Å². The second-order valence-corrected chi connectivity index (χ2v) is 7.16. The van der Waals surface area contributed by atoms with Crippen LogP contribution >= 0.6 is 0 Å². The van der Waals surface area contributed by atoms with Gasteiger partial charge in [-0.3, -0.25) is 9.69 Å². The maximum atomic E-state index is 12.2. The molecule has 2 aliphatic heterocycles. The molecule has 0 spiro atoms. The standard InChI is InChI=1S/C19H30N4O/c1-22-9-11-23(12-10-22)15-17-6-4-16(5-7-17)13-21-19(24)18-3-2-8-20-14-18/h4-7,18,20H,2-3,8-15H2,1H3,(H,21,24). The molecule has 0 saturated carbocycles. The molecular weight excluding hydrogens is 300 g/mol. The first-order chi connectivity index (χ1) is 11.7. The zero-order chi connectivity index (χ0) is 16.8. The molecule has 2 heterocycles. The topological polar surface area (TPSA) is 47.6 Å². The number of benzene rings is 1. The van der Waals surface area contributed by atoms with E-state index in [4.69, 9.17) is 0 Å². The third-order valence-corrected chi connectivity index (χ3v) is 5.16. The fraction of sp³-hybridized carbons (Fsp3) is 0.632. The molecule has 0 radical (unpaired) electrons. The lowest BCUT2D eigenvalue weighted by Gasteiger charge is -2.32. The van der Waals surface area contributed by atoms with Crippen molar-refractivity contribution in [2.45, 2.75) is 25.9 Å². The minimum absolute atomic E-state index is 0.134. The Bertz CT molecular complexity index is 517. The maximum Gasteiger partial charge on any atom is 0.224 e. The van der Waals surface area contributed by atoms with Gasteiger partial charge in [0.05, 0.1) is 5.92 Å². The second-order valence-electron chi connectivity index (χ2n) is 7.16. The molecular formula is C19H30N4O. The predicted molar refractivity (Wildman–Crippen MR) is 96.7 cm³/mol. The van der Waals surface area contributed by atoms with Gasteiger partial charge in [-0.2, -0.15) is 0 Å². The highest BCUT2D eigenvalue weighted by atomic mass is 16.1. The van der Waals surface area contributed by atoms with Gasteiger partial charge in [0.1, 0.15) is 0 Å². The first kappa shape index (κ1) is 17.4. The number of piperazine rings is 1. The molecule has 1 aromatic rings. The quantitative estimate of drug-likeness (QED) is 0.847. The van der Waals surface area contributed by atoms with Gasteiger partial charge in [0, 0.05) is 45.8 Å². The van der Waals surface area contributed by atoms with Crippen molar-refractivity contribution < 1.29 is 4.79 Å². The van der Waals surface area contributed by atoms with E-state index in [1.54, 1.807) is 0 Å². The summed E-state index contributed by atoms with van der Waals surface area (Å²) in [5, 5.41) is 6.37. The SMILES string of the molecule is CN1CCN(Cc2ccc(CNC(=O)C3CCCNC3)cc2)CC1. The average Bonchev–Trinajstić information content (AvgIpc) is 2.63. The summed E-state index contributed by atoms with van der Waals surface area (Å²) in [6, 6.07) is 8.68. The van der Waals surface area contributed by atoms with Crippen molar-refractivity contribution in [3.8, 4) is 0 Å². The third kappa shape index (κ3) is 5.03. The smallest absolute Gasteiger partial charge is 0.224 e. The Hall–Kier alpha value is -1.43. The molecule has 2 aliphatic rings. The van der Waals surface area contributed by atoms with Crippen LogP contribution in [0.5, 0.6) is 0 Å². The lowest BCUT2D eigenvalue weighted by atomic mass is 9.99. The summed E-state index contributed by atoms with van der Waals surface area (Å²) < 4.78 is 0. The number of nitrogens with one attached hydrogen (secondary N) is 2. The molecule has 5 nitrogen and oxygen atoms in total. The van der Waals surface area contributed by atoms with Crippen LogP contribution in [0.4, 0.5) is 0 Å². The van der Waals surface area contributed by atoms with E-state index in [1.165, 1.54) is 11.1 Å². The van der Waals surface area contributed by atoms with Gasteiger partial charge in [-0.15, -0.1) is 0 Å². The zero-order valence-electron chi connectivity index (χ0n) is 14.8. The molecule has 2 N–H and O–H groups in total. The van der Waals surface area contributed by atoms with Crippen molar-refractivity contribution in [3.05, 3.63) is 35.4 Å². The summed E-state index contributed by atoms with van der Waals surface area (Å²) in [4.78, 5) is 17.1. The Morgan fingerprint density at radius 3 is 2.54 bits per heavy atom. The number of hydrogen-bond donors (Lipinski definition) is 2. The van der Waals surface area contributed by atoms with Crippen LogP contribution in [0.25, 0.3) is 0 Å². The van der Waals surface area contributed by atoms with Gasteiger partial charge in [-0.25, -0.2) is 0 Å². The monoisotopic (exact) mass is 330 g/mol. The van der Waals surface area contributed by atoms with Crippen LogP contribution < -0.4 is 10.6 Å². The van der Waals surface area contributed by atoms with Crippen molar-refractivity contribution in [3.63, 3.8) is 0 Å². The first-order valence-corrected chi connectivity index (χ1v) is 9.18. The molecule has 5 heteroatoms. The van der Waals surface area contributed by atoms with Crippen molar-refractivity contribution in [1.82, 2.24) is 20.4 Å². The van der Waals surface area contributed by atoms with Crippen LogP contribution in [-0.2, 0) is 17.9 Å². The van der Waals surface area contributed by atoms with Crippen LogP contribution in [-0.4, -0.2) is 62.0 Å². The van der Waals surface area contributed by atoms with Crippen LogP contribution in [0.3, 0.4) is 0 Å². The maximum absolute atomic E-state index is 12.2. The second kappa shape index (κ2) is 8.60. The van der Waals surface area contributed by atoms with Crippen LogP contribution in [0.1, 0.15) is 24.0 Å². The van der Waals surface area contributed by atoms with Gasteiger partial charge in [0.25, 0.3) is 0 Å². The van der Waals surface area contributed by atoms with Gasteiger partial charge in [0.15, 0.2) is 0 Å². The first-order valence-electron chi connectivity index (χ1n) is 9.18. The number of hydrogen-bond acceptors (Lipinski definition) is 4. The van der Waals surface area contributed by atoms with Gasteiger partial charge < -0.3 is 15.5 Å². The number of piperidine rings is 1. The summed E-state index contributed by atoms with van der Waals surface area (Å²) >= 11 is 0. The Balaban J connectivity index is 1.43. The Morgan fingerprint density at radius 1 is 1.17 bits per heavy atom. The molecule has 1 aromatic carbocycles. The van der Waals surface area contributed by atoms with E-state index in [0.29, 0.717) is 6.54 Å². The van der Waals surface area contributed by atoms with E-state index in [1.807, 2.05) is 0 Å². The van der Waals surface area contributed by atoms with E-state index in [0.717, 1.165) is 58.7 Å². The average molecular weight is 330 g/mol. The Labute approximate surface area is 145 Å². The molecule has 3 rings (SSSR count). The molecule has 0 aliphatic carbocycles. The summed E-state index contributed by atoms with van der Waals surface area (Å²) in [7, 11) is 2.18. The third-order valence-electron chi connectivity index (χ3n) is 5.16. The number of rotatable bonds is 5. The fourth-order valence-electron chi connectivity index (χ4n) is 3.44. The normalized spacial score (nSPS) is 23.1. The van der Waals surface area contributed by atoms with Gasteiger partial charge in [-0.1, -0.05) is 24.3 Å². The Morgan fingerprint density at radius 2 is 1.88 bits per heavy atom. The number of carbonyl (C=O) groups is 1. The molecule has 1 amide bonds. The minimum atomic E-state index is 0.134. The molecule has 1 atom stereocenters. The summed E-state index contributed by atoms with van der Waals surface area (Å²) in [5.74, 6) is 0.318. The molecule has 132 valence electrons. The van der Waals surface area contributed by atoms with E-state index in [-0.39, 0.29) is 11.8 Å². The zero-order valence-corrected chi connectivity index (χ0v) is 14.8. The minimum Gasteiger partial charge on any atom is -0.352 e. The largest absolute Gasteiger partial charge is 0.352 e. The number of carbonyl (C=O) groups excluding carboxylic acids is 1. The highest BCUT2D eigenvalue weighted by Gasteiger charge is 2.20. The number of amides is 1. The Kier molecular flexibility index (Phi) is 6.24. The molecule has 2 fully saturated rings. The van der Waals surface area contributed by atoms with Crippen molar-refractivity contribution >= 4 is 5.91 Å². The highest BCUT2D eigenvalue weighted by Crippen LogP contribution is 2.12. The van der Waals surface area contributed by atoms with Crippen molar-refractivity contribution in [2.75, 3.05) is 46.3 Å². The summed E-state index contributed by atoms with van der Waals surface area (Å²) in [6.45, 7) is 8.10. The number of likely N-dealkylation sites (N-methyl/N-ethyl adjacent to an activating group) is 1. The molecule has 1 unspecified atom stereocenters. The van der Waals surface area contributed by atoms with E-state index in [9.17, 15) is 4.79 Å². The summed E-state index contributed by atoms with van der Waals surface area (Å²) in [5.41, 5.74) is 2.53. The lowest BCUT2D eigenvalue weighted by molar-refractivity contribution is -0.125. The molecule has 2 saturated heterocycles. The van der Waals surface area contributed by atoms with Crippen LogP contribution in [0, 0.1) is 5.92 Å². The van der Waals surface area contributed by atoms with Gasteiger partial charge in [-0.05, 0) is 37.6 Å². The molecule has 24 heavy (non-hydrogen) atoms. The van der Waals surface area contributed by atoms with Gasteiger partial charge in [0.2, 0.25) is 5.91 Å². The molecule has 0 aromatic heterocycles. The van der Waals surface area contributed by atoms with Crippen LogP contribution in [0.2, 0.25) is 0 Å².